The second-order valence-corrected chi connectivity index (χ2v) is 6.32. The SMILES string of the molecule is O=c1cc(-c2ccncc2)c(-c2ccc3ccccc3c2)nn1I. The first kappa shape index (κ1) is 15.0. The van der Waals surface area contributed by atoms with Gasteiger partial charge in [-0.3, -0.25) is 9.78 Å². The number of fused-ring (bicyclic) bond motifs is 1. The van der Waals surface area contributed by atoms with E-state index in [0.717, 1.165) is 27.8 Å². The lowest BCUT2D eigenvalue weighted by molar-refractivity contribution is 0.966. The predicted molar refractivity (Wildman–Crippen MR) is 104 cm³/mol. The zero-order valence-corrected chi connectivity index (χ0v) is 14.7. The zero-order chi connectivity index (χ0) is 16.5. The Morgan fingerprint density at radius 2 is 1.58 bits per heavy atom. The van der Waals surface area contributed by atoms with Crippen LogP contribution in [0.15, 0.2) is 77.9 Å². The van der Waals surface area contributed by atoms with Crippen molar-refractivity contribution in [3.05, 3.63) is 83.4 Å². The Morgan fingerprint density at radius 3 is 2.38 bits per heavy atom. The van der Waals surface area contributed by atoms with Crippen LogP contribution in [0.5, 0.6) is 0 Å². The van der Waals surface area contributed by atoms with Gasteiger partial charge in [0.05, 0.1) is 28.6 Å². The Hall–Kier alpha value is -2.54. The van der Waals surface area contributed by atoms with Gasteiger partial charge in [0.2, 0.25) is 0 Å². The average molecular weight is 425 g/mol. The van der Waals surface area contributed by atoms with Gasteiger partial charge in [0.1, 0.15) is 0 Å². The standard InChI is InChI=1S/C19H12IN3O/c20-23-18(24)12-17(14-7-9-21-10-8-14)19(22-23)16-6-5-13-3-1-2-4-15(13)11-16/h1-12H. The highest BCUT2D eigenvalue weighted by Gasteiger charge is 2.12. The lowest BCUT2D eigenvalue weighted by Gasteiger charge is -2.10. The van der Waals surface area contributed by atoms with Crippen LogP contribution in [0.4, 0.5) is 0 Å². The summed E-state index contributed by atoms with van der Waals surface area (Å²) in [6.45, 7) is 0. The third-order valence-corrected chi connectivity index (χ3v) is 4.60. The van der Waals surface area contributed by atoms with Crippen LogP contribution in [0.25, 0.3) is 33.2 Å². The van der Waals surface area contributed by atoms with E-state index in [0.29, 0.717) is 0 Å². The summed E-state index contributed by atoms with van der Waals surface area (Å²) in [6.07, 6.45) is 3.43. The summed E-state index contributed by atoms with van der Waals surface area (Å²) in [5, 5.41) is 6.81. The number of halogens is 1. The summed E-state index contributed by atoms with van der Waals surface area (Å²) in [6, 6.07) is 19.8. The highest BCUT2D eigenvalue weighted by Crippen LogP contribution is 2.31. The Kier molecular flexibility index (Phi) is 3.86. The van der Waals surface area contributed by atoms with Gasteiger partial charge in [0.25, 0.3) is 5.56 Å². The van der Waals surface area contributed by atoms with Crippen molar-refractivity contribution in [2.75, 3.05) is 0 Å². The van der Waals surface area contributed by atoms with Crippen molar-refractivity contribution in [3.63, 3.8) is 0 Å². The van der Waals surface area contributed by atoms with Gasteiger partial charge in [-0.1, -0.05) is 36.4 Å². The minimum Gasteiger partial charge on any atom is -0.267 e. The zero-order valence-electron chi connectivity index (χ0n) is 12.6. The number of nitrogens with zero attached hydrogens (tertiary/aromatic N) is 3. The predicted octanol–water partition coefficient (Wildman–Crippen LogP) is 4.32. The lowest BCUT2D eigenvalue weighted by Crippen LogP contribution is -2.15. The minimum atomic E-state index is -0.146. The number of aromatic nitrogens is 3. The van der Waals surface area contributed by atoms with Gasteiger partial charge in [-0.05, 0) is 34.5 Å². The fraction of sp³-hybridized carbons (Fsp3) is 0. The molecule has 4 aromatic rings. The molecule has 0 bridgehead atoms. The van der Waals surface area contributed by atoms with E-state index in [-0.39, 0.29) is 5.56 Å². The van der Waals surface area contributed by atoms with Gasteiger partial charge < -0.3 is 0 Å². The molecule has 2 heterocycles. The summed E-state index contributed by atoms with van der Waals surface area (Å²) >= 11 is 1.91. The van der Waals surface area contributed by atoms with E-state index in [1.807, 2.05) is 53.2 Å². The molecule has 5 heteroatoms. The summed E-state index contributed by atoms with van der Waals surface area (Å²) in [7, 11) is 0. The van der Waals surface area contributed by atoms with Crippen LogP contribution < -0.4 is 5.56 Å². The molecule has 0 amide bonds. The van der Waals surface area contributed by atoms with E-state index in [1.54, 1.807) is 18.5 Å². The Labute approximate surface area is 152 Å². The van der Waals surface area contributed by atoms with Gasteiger partial charge in [-0.15, -0.1) is 0 Å². The summed E-state index contributed by atoms with van der Waals surface area (Å²) in [4.78, 5) is 16.1. The summed E-state index contributed by atoms with van der Waals surface area (Å²) < 4.78 is 1.34. The van der Waals surface area contributed by atoms with Gasteiger partial charge in [0.15, 0.2) is 0 Å². The van der Waals surface area contributed by atoms with Crippen LogP contribution in [0.3, 0.4) is 0 Å². The van der Waals surface area contributed by atoms with Gasteiger partial charge >= 0.3 is 0 Å². The third-order valence-electron chi connectivity index (χ3n) is 3.91. The maximum absolute atomic E-state index is 12.1. The molecule has 0 radical (unpaired) electrons. The molecule has 0 atom stereocenters. The van der Waals surface area contributed by atoms with Crippen molar-refractivity contribution in [2.24, 2.45) is 0 Å². The van der Waals surface area contributed by atoms with E-state index in [4.69, 9.17) is 0 Å². The van der Waals surface area contributed by atoms with E-state index in [1.165, 1.54) is 8.28 Å². The van der Waals surface area contributed by atoms with Crippen molar-refractivity contribution in [2.45, 2.75) is 0 Å². The van der Waals surface area contributed by atoms with Crippen LogP contribution >= 0.6 is 22.9 Å². The molecule has 2 aromatic heterocycles. The lowest BCUT2D eigenvalue weighted by atomic mass is 9.99. The first-order valence-corrected chi connectivity index (χ1v) is 8.39. The molecule has 2 aromatic carbocycles. The summed E-state index contributed by atoms with van der Waals surface area (Å²) in [5.74, 6) is 0. The molecule has 0 aliphatic heterocycles. The van der Waals surface area contributed by atoms with E-state index >= 15 is 0 Å². The second kappa shape index (κ2) is 6.16. The molecule has 0 fully saturated rings. The van der Waals surface area contributed by atoms with E-state index in [2.05, 4.69) is 34.3 Å². The normalized spacial score (nSPS) is 10.9. The van der Waals surface area contributed by atoms with E-state index < -0.39 is 0 Å². The molecule has 4 nitrogen and oxygen atoms in total. The fourth-order valence-corrected chi connectivity index (χ4v) is 3.09. The monoisotopic (exact) mass is 425 g/mol. The van der Waals surface area contributed by atoms with E-state index in [9.17, 15) is 4.79 Å². The smallest absolute Gasteiger partial charge is 0.267 e. The summed E-state index contributed by atoms with van der Waals surface area (Å²) in [5.41, 5.74) is 3.35. The number of pyridine rings is 1. The molecule has 0 N–H and O–H groups in total. The molecule has 0 saturated carbocycles. The molecule has 0 saturated heterocycles. The van der Waals surface area contributed by atoms with Crippen LogP contribution in [0.2, 0.25) is 0 Å². The Balaban J connectivity index is 1.99. The third kappa shape index (κ3) is 2.71. The van der Waals surface area contributed by atoms with Crippen molar-refractivity contribution in [3.8, 4) is 22.4 Å². The van der Waals surface area contributed by atoms with Crippen LogP contribution in [-0.4, -0.2) is 13.0 Å². The molecule has 116 valence electrons. The van der Waals surface area contributed by atoms with Crippen molar-refractivity contribution >= 4 is 33.6 Å². The average Bonchev–Trinajstić information content (AvgIpc) is 2.64. The topological polar surface area (TPSA) is 47.8 Å². The van der Waals surface area contributed by atoms with Crippen LogP contribution in [-0.2, 0) is 0 Å². The molecule has 0 aliphatic carbocycles. The highest BCUT2D eigenvalue weighted by molar-refractivity contribution is 14.1. The van der Waals surface area contributed by atoms with Gasteiger partial charge in [0, 0.05) is 29.6 Å². The molecular formula is C19H12IN3O. The molecule has 0 aliphatic rings. The molecule has 4 rings (SSSR count). The largest absolute Gasteiger partial charge is 0.276 e. The molecule has 0 spiro atoms. The molecule has 0 unspecified atom stereocenters. The number of benzene rings is 2. The first-order valence-electron chi connectivity index (χ1n) is 7.42. The number of rotatable bonds is 2. The highest BCUT2D eigenvalue weighted by atomic mass is 127. The minimum absolute atomic E-state index is 0.146. The number of hydrogen-bond donors (Lipinski definition) is 0. The van der Waals surface area contributed by atoms with Crippen molar-refractivity contribution in [1.29, 1.82) is 0 Å². The molecular weight excluding hydrogens is 413 g/mol. The fourth-order valence-electron chi connectivity index (χ4n) is 2.74. The van der Waals surface area contributed by atoms with Gasteiger partial charge in [-0.2, -0.15) is 7.99 Å². The first-order chi connectivity index (χ1) is 11.7. The van der Waals surface area contributed by atoms with Gasteiger partial charge in [-0.25, -0.2) is 0 Å². The Bertz CT molecular complexity index is 1090. The van der Waals surface area contributed by atoms with Crippen molar-refractivity contribution in [1.82, 2.24) is 13.0 Å². The Morgan fingerprint density at radius 1 is 0.833 bits per heavy atom. The molecule has 24 heavy (non-hydrogen) atoms. The maximum Gasteiger partial charge on any atom is 0.276 e. The van der Waals surface area contributed by atoms with Crippen LogP contribution in [0.1, 0.15) is 0 Å². The quantitative estimate of drug-likeness (QED) is 0.450. The maximum atomic E-state index is 12.1. The number of hydrogen-bond acceptors (Lipinski definition) is 3. The van der Waals surface area contributed by atoms with Crippen LogP contribution in [0, 0.1) is 0 Å². The second-order valence-electron chi connectivity index (χ2n) is 5.40. The van der Waals surface area contributed by atoms with Crippen molar-refractivity contribution < 1.29 is 0 Å².